The molecule has 0 N–H and O–H groups in total. The van der Waals surface area contributed by atoms with Crippen LogP contribution in [0.2, 0.25) is 10.4 Å². The van der Waals surface area contributed by atoms with Gasteiger partial charge in [-0.3, -0.25) is 0 Å². The third-order valence-corrected chi connectivity index (χ3v) is 2.56. The number of hydrogen-bond donors (Lipinski definition) is 0. The minimum absolute atomic E-state index is 0.0445. The van der Waals surface area contributed by atoms with Crippen molar-refractivity contribution in [3.8, 4) is 0 Å². The van der Waals surface area contributed by atoms with Gasteiger partial charge in [0.1, 0.15) is 24.3 Å². The average Bonchev–Trinajstić information content (AvgIpc) is 2.31. The minimum atomic E-state index is -0.615. The number of halogens is 3. The van der Waals surface area contributed by atoms with E-state index in [0.29, 0.717) is 10.9 Å². The van der Waals surface area contributed by atoms with Gasteiger partial charge in [-0.25, -0.2) is 14.4 Å². The molecule has 88 valence electrons. The van der Waals surface area contributed by atoms with Gasteiger partial charge in [-0.1, -0.05) is 36.5 Å². The zero-order valence-electron chi connectivity index (χ0n) is 9.68. The van der Waals surface area contributed by atoms with Crippen LogP contribution in [0.5, 0.6) is 0 Å². The quantitative estimate of drug-likeness (QED) is 0.417. The average molecular weight is 271 g/mol. The molecule has 6 heteroatoms. The van der Waals surface area contributed by atoms with Gasteiger partial charge in [0.05, 0.1) is 0 Å². The van der Waals surface area contributed by atoms with Gasteiger partial charge in [0.25, 0.3) is 0 Å². The molecule has 2 rings (SSSR count). The Morgan fingerprint density at radius 2 is 1.82 bits per heavy atom. The molecule has 17 heavy (non-hydrogen) atoms. The summed E-state index contributed by atoms with van der Waals surface area (Å²) in [5.74, 6) is -0.615. The van der Waals surface area contributed by atoms with Gasteiger partial charge in [-0.15, -0.1) is 0 Å². The molecule has 0 aliphatic rings. The first-order chi connectivity index (χ1) is 8.00. The van der Waals surface area contributed by atoms with Gasteiger partial charge in [0.15, 0.2) is 0 Å². The highest BCUT2D eigenvalue weighted by Crippen LogP contribution is 2.24. The van der Waals surface area contributed by atoms with Crippen molar-refractivity contribution in [1.82, 2.24) is 9.97 Å². The standard InChI is InChI=1S/C9H4BCl2FN2.C2H6/c1-3-2-4-7(6(13)5(3)10)14-9(12)15-8(4)11;1-2/h2H,1H3;1-2H3. The summed E-state index contributed by atoms with van der Waals surface area (Å²) in [6, 6.07) is 1.63. The molecule has 0 fully saturated rings. The number of nitrogens with zero attached hydrogens (tertiary/aromatic N) is 2. The van der Waals surface area contributed by atoms with E-state index in [-0.39, 0.29) is 21.4 Å². The SMILES string of the molecule is CC.[B]c1c(C)cc2c(Cl)nc(Cl)nc2c1F. The number of fused-ring (bicyclic) bond motifs is 1. The fourth-order valence-electron chi connectivity index (χ4n) is 1.31. The third-order valence-electron chi connectivity index (χ3n) is 2.10. The number of hydrogen-bond acceptors (Lipinski definition) is 2. The van der Waals surface area contributed by atoms with E-state index in [2.05, 4.69) is 9.97 Å². The van der Waals surface area contributed by atoms with Gasteiger partial charge in [-0.05, 0) is 24.6 Å². The first-order valence-corrected chi connectivity index (χ1v) is 5.83. The topological polar surface area (TPSA) is 25.8 Å². The predicted molar refractivity (Wildman–Crippen MR) is 71.0 cm³/mol. The van der Waals surface area contributed by atoms with Gasteiger partial charge in [-0.2, -0.15) is 0 Å². The van der Waals surface area contributed by atoms with E-state index in [0.717, 1.165) is 0 Å². The normalized spacial score (nSPS) is 10.0. The zero-order valence-corrected chi connectivity index (χ0v) is 11.2. The maximum atomic E-state index is 13.7. The lowest BCUT2D eigenvalue weighted by molar-refractivity contribution is 0.643. The van der Waals surface area contributed by atoms with Crippen LogP contribution < -0.4 is 5.46 Å². The zero-order chi connectivity index (χ0) is 13.2. The Hall–Kier alpha value is -0.865. The summed E-state index contributed by atoms with van der Waals surface area (Å²) in [5.41, 5.74) is 0.684. The van der Waals surface area contributed by atoms with Crippen LogP contribution in [-0.4, -0.2) is 17.8 Å². The second-order valence-electron chi connectivity index (χ2n) is 3.10. The van der Waals surface area contributed by atoms with E-state index < -0.39 is 5.82 Å². The van der Waals surface area contributed by atoms with Crippen LogP contribution in [0.3, 0.4) is 0 Å². The van der Waals surface area contributed by atoms with Crippen LogP contribution in [0.25, 0.3) is 10.9 Å². The number of aromatic nitrogens is 2. The Morgan fingerprint density at radius 3 is 2.41 bits per heavy atom. The van der Waals surface area contributed by atoms with Gasteiger partial charge in [0.2, 0.25) is 5.28 Å². The summed E-state index contributed by atoms with van der Waals surface area (Å²) >= 11 is 11.4. The van der Waals surface area contributed by atoms with Crippen molar-refractivity contribution >= 4 is 47.4 Å². The summed E-state index contributed by atoms with van der Waals surface area (Å²) in [6.45, 7) is 5.68. The molecule has 2 radical (unpaired) electrons. The van der Waals surface area contributed by atoms with Gasteiger partial charge >= 0.3 is 0 Å². The van der Waals surface area contributed by atoms with E-state index in [4.69, 9.17) is 31.0 Å². The smallest absolute Gasteiger partial charge is 0.215 e. The van der Waals surface area contributed by atoms with Crippen LogP contribution in [0, 0.1) is 12.7 Å². The van der Waals surface area contributed by atoms with Gasteiger partial charge < -0.3 is 0 Å². The minimum Gasteiger partial charge on any atom is -0.215 e. The van der Waals surface area contributed by atoms with Gasteiger partial charge in [0, 0.05) is 5.39 Å². The van der Waals surface area contributed by atoms with E-state index in [1.807, 2.05) is 13.8 Å². The van der Waals surface area contributed by atoms with Crippen molar-refractivity contribution < 1.29 is 4.39 Å². The maximum Gasteiger partial charge on any atom is 0.224 e. The summed E-state index contributed by atoms with van der Waals surface area (Å²) in [7, 11) is 5.53. The number of rotatable bonds is 0. The van der Waals surface area contributed by atoms with Crippen molar-refractivity contribution in [1.29, 1.82) is 0 Å². The first kappa shape index (κ1) is 14.2. The van der Waals surface area contributed by atoms with Crippen LogP contribution in [0.1, 0.15) is 19.4 Å². The summed E-state index contributed by atoms with van der Waals surface area (Å²) in [5, 5.41) is 0.423. The molecule has 0 saturated carbocycles. The molecule has 0 unspecified atom stereocenters. The Labute approximate surface area is 111 Å². The first-order valence-electron chi connectivity index (χ1n) is 5.08. The van der Waals surface area contributed by atoms with Crippen molar-refractivity contribution in [2.24, 2.45) is 0 Å². The maximum absolute atomic E-state index is 13.7. The molecular weight excluding hydrogens is 261 g/mol. The van der Waals surface area contributed by atoms with E-state index in [1.54, 1.807) is 13.0 Å². The van der Waals surface area contributed by atoms with Crippen molar-refractivity contribution in [2.75, 3.05) is 0 Å². The predicted octanol–water partition coefficient (Wildman–Crippen LogP) is 3.20. The molecule has 0 spiro atoms. The molecule has 0 aliphatic heterocycles. The summed E-state index contributed by atoms with van der Waals surface area (Å²) < 4.78 is 13.7. The lowest BCUT2D eigenvalue weighted by atomic mass is 9.89. The fourth-order valence-corrected chi connectivity index (χ4v) is 1.74. The molecule has 1 aromatic heterocycles. The molecule has 0 aliphatic carbocycles. The highest BCUT2D eigenvalue weighted by atomic mass is 35.5. The molecule has 0 saturated heterocycles. The molecule has 1 aromatic carbocycles. The number of aryl methyl sites for hydroxylation is 1. The Balaban J connectivity index is 0.000000686. The third kappa shape index (κ3) is 2.69. The van der Waals surface area contributed by atoms with E-state index in [9.17, 15) is 4.39 Å². The largest absolute Gasteiger partial charge is 0.224 e. The molecule has 1 heterocycles. The van der Waals surface area contributed by atoms with E-state index >= 15 is 0 Å². The monoisotopic (exact) mass is 270 g/mol. The van der Waals surface area contributed by atoms with Crippen LogP contribution in [0.4, 0.5) is 4.39 Å². The molecule has 0 atom stereocenters. The van der Waals surface area contributed by atoms with E-state index in [1.165, 1.54) is 0 Å². The Morgan fingerprint density at radius 1 is 1.24 bits per heavy atom. The van der Waals surface area contributed by atoms with Crippen molar-refractivity contribution in [2.45, 2.75) is 20.8 Å². The van der Waals surface area contributed by atoms with Crippen LogP contribution in [0.15, 0.2) is 6.07 Å². The van der Waals surface area contributed by atoms with Crippen molar-refractivity contribution in [3.05, 3.63) is 27.9 Å². The second kappa shape index (κ2) is 5.65. The molecular formula is C11H10BCl2FN2. The fraction of sp³-hybridized carbons (Fsp3) is 0.273. The van der Waals surface area contributed by atoms with Crippen LogP contribution >= 0.6 is 23.2 Å². The molecule has 0 amide bonds. The summed E-state index contributed by atoms with van der Waals surface area (Å²) in [4.78, 5) is 7.48. The lowest BCUT2D eigenvalue weighted by Gasteiger charge is -2.07. The van der Waals surface area contributed by atoms with Crippen LogP contribution in [-0.2, 0) is 0 Å². The summed E-state index contributed by atoms with van der Waals surface area (Å²) in [6.07, 6.45) is 0. The highest BCUT2D eigenvalue weighted by Gasteiger charge is 2.12. The lowest BCUT2D eigenvalue weighted by Crippen LogP contribution is -2.14. The molecule has 2 aromatic rings. The number of benzene rings is 1. The second-order valence-corrected chi connectivity index (χ2v) is 3.80. The highest BCUT2D eigenvalue weighted by molar-refractivity contribution is 6.37. The Kier molecular flexibility index (Phi) is 4.72. The Bertz CT molecular complexity index is 561. The van der Waals surface area contributed by atoms with Crippen molar-refractivity contribution in [3.63, 3.8) is 0 Å². The molecule has 0 bridgehead atoms. The molecule has 2 nitrogen and oxygen atoms in total.